The Hall–Kier alpha value is -1.08. The zero-order valence-corrected chi connectivity index (χ0v) is 8.66. The zero-order chi connectivity index (χ0) is 9.80. The third-order valence-corrected chi connectivity index (χ3v) is 2.63. The van der Waals surface area contributed by atoms with E-state index in [0.717, 1.165) is 12.5 Å². The minimum atomic E-state index is 0.838. The van der Waals surface area contributed by atoms with E-state index in [2.05, 4.69) is 41.7 Å². The van der Waals surface area contributed by atoms with Gasteiger partial charge in [-0.25, -0.2) is 0 Å². The summed E-state index contributed by atoms with van der Waals surface area (Å²) in [6.45, 7) is 0.943. The monoisotopic (exact) mass is 187 g/mol. The molecule has 0 aliphatic heterocycles. The molecule has 1 nitrogen and oxygen atoms in total. The highest BCUT2D eigenvalue weighted by molar-refractivity contribution is 5.55. The molecule has 74 valence electrons. The van der Waals surface area contributed by atoms with Crippen LogP contribution in [0.2, 0.25) is 0 Å². The van der Waals surface area contributed by atoms with E-state index < -0.39 is 0 Å². The van der Waals surface area contributed by atoms with E-state index in [0.29, 0.717) is 0 Å². The third-order valence-electron chi connectivity index (χ3n) is 2.63. The van der Waals surface area contributed by atoms with Crippen molar-refractivity contribution in [1.82, 2.24) is 5.32 Å². The molecule has 0 amide bonds. The third kappa shape index (κ3) is 2.24. The molecule has 0 radical (unpaired) electrons. The summed E-state index contributed by atoms with van der Waals surface area (Å²) >= 11 is 0. The molecule has 0 spiro atoms. The van der Waals surface area contributed by atoms with Crippen molar-refractivity contribution in [2.24, 2.45) is 0 Å². The van der Waals surface area contributed by atoms with Crippen molar-refractivity contribution in [3.8, 4) is 0 Å². The lowest BCUT2D eigenvalue weighted by Crippen LogP contribution is -2.03. The molecule has 0 heterocycles. The molecule has 1 aromatic carbocycles. The molecule has 1 fully saturated rings. The number of likely N-dealkylation sites (N-methyl/N-ethyl adjacent to an activating group) is 1. The summed E-state index contributed by atoms with van der Waals surface area (Å²) in [5.74, 6) is 0.838. The van der Waals surface area contributed by atoms with E-state index in [1.165, 1.54) is 24.0 Å². The van der Waals surface area contributed by atoms with Crippen LogP contribution in [0.1, 0.15) is 29.9 Å². The topological polar surface area (TPSA) is 12.0 Å². The van der Waals surface area contributed by atoms with Gasteiger partial charge in [0.25, 0.3) is 0 Å². The van der Waals surface area contributed by atoms with Crippen LogP contribution in [0, 0.1) is 0 Å². The van der Waals surface area contributed by atoms with Crippen LogP contribution in [-0.2, 0) is 0 Å². The van der Waals surface area contributed by atoms with Gasteiger partial charge in [-0.3, -0.25) is 0 Å². The molecule has 1 saturated carbocycles. The molecule has 2 rings (SSSR count). The van der Waals surface area contributed by atoms with Crippen molar-refractivity contribution in [2.45, 2.75) is 18.8 Å². The predicted octanol–water partition coefficient (Wildman–Crippen LogP) is 2.80. The summed E-state index contributed by atoms with van der Waals surface area (Å²) < 4.78 is 0. The average molecular weight is 187 g/mol. The van der Waals surface area contributed by atoms with Gasteiger partial charge in [0.05, 0.1) is 0 Å². The molecule has 14 heavy (non-hydrogen) atoms. The van der Waals surface area contributed by atoms with Crippen LogP contribution in [0.3, 0.4) is 0 Å². The second-order valence-electron chi connectivity index (χ2n) is 3.86. The standard InChI is InChI=1S/C13H17N/c1-14-10-4-6-11-5-2-3-7-13(11)12-8-9-12/h2-7,12,14H,8-10H2,1H3. The summed E-state index contributed by atoms with van der Waals surface area (Å²) in [6.07, 6.45) is 7.15. The Bertz CT molecular complexity index is 324. The van der Waals surface area contributed by atoms with Gasteiger partial charge in [-0.2, -0.15) is 0 Å². The fraction of sp³-hybridized carbons (Fsp3) is 0.385. The van der Waals surface area contributed by atoms with Crippen LogP contribution in [0.15, 0.2) is 30.3 Å². The first-order valence-electron chi connectivity index (χ1n) is 5.32. The van der Waals surface area contributed by atoms with Crippen LogP contribution >= 0.6 is 0 Å². The molecule has 1 aliphatic carbocycles. The lowest BCUT2D eigenvalue weighted by molar-refractivity contribution is 0.922. The second kappa shape index (κ2) is 4.43. The highest BCUT2D eigenvalue weighted by atomic mass is 14.8. The molecule has 0 saturated heterocycles. The van der Waals surface area contributed by atoms with Gasteiger partial charge in [0.15, 0.2) is 0 Å². The number of rotatable bonds is 4. The largest absolute Gasteiger partial charge is 0.316 e. The fourth-order valence-corrected chi connectivity index (χ4v) is 1.73. The normalized spacial score (nSPS) is 16.4. The van der Waals surface area contributed by atoms with Gasteiger partial charge in [0.1, 0.15) is 0 Å². The maximum absolute atomic E-state index is 3.12. The molecule has 1 aromatic rings. The van der Waals surface area contributed by atoms with Crippen LogP contribution in [0.25, 0.3) is 6.08 Å². The van der Waals surface area contributed by atoms with Crippen molar-refractivity contribution in [1.29, 1.82) is 0 Å². The summed E-state index contributed by atoms with van der Waals surface area (Å²) in [7, 11) is 1.97. The Balaban J connectivity index is 2.14. The summed E-state index contributed by atoms with van der Waals surface area (Å²) in [5, 5.41) is 3.12. The number of hydrogen-bond acceptors (Lipinski definition) is 1. The van der Waals surface area contributed by atoms with E-state index in [1.54, 1.807) is 0 Å². The van der Waals surface area contributed by atoms with Gasteiger partial charge in [0.2, 0.25) is 0 Å². The van der Waals surface area contributed by atoms with E-state index in [9.17, 15) is 0 Å². The molecule has 0 atom stereocenters. The minimum Gasteiger partial charge on any atom is -0.316 e. The maximum atomic E-state index is 3.12. The first-order chi connectivity index (χ1) is 6.92. The van der Waals surface area contributed by atoms with Crippen LogP contribution in [-0.4, -0.2) is 13.6 Å². The highest BCUT2D eigenvalue weighted by Gasteiger charge is 2.24. The van der Waals surface area contributed by atoms with Crippen molar-refractivity contribution in [2.75, 3.05) is 13.6 Å². The number of hydrogen-bond donors (Lipinski definition) is 1. The van der Waals surface area contributed by atoms with E-state index >= 15 is 0 Å². The minimum absolute atomic E-state index is 0.838. The smallest absolute Gasteiger partial charge is 0.0135 e. The van der Waals surface area contributed by atoms with Crippen LogP contribution in [0.4, 0.5) is 0 Å². The number of benzene rings is 1. The summed E-state index contributed by atoms with van der Waals surface area (Å²) in [5.41, 5.74) is 2.92. The van der Waals surface area contributed by atoms with E-state index in [-0.39, 0.29) is 0 Å². The Labute approximate surface area is 85.8 Å². The Morgan fingerprint density at radius 2 is 2.14 bits per heavy atom. The predicted molar refractivity (Wildman–Crippen MR) is 61.4 cm³/mol. The Morgan fingerprint density at radius 1 is 1.36 bits per heavy atom. The quantitative estimate of drug-likeness (QED) is 0.764. The van der Waals surface area contributed by atoms with E-state index in [1.807, 2.05) is 7.05 Å². The molecular formula is C13H17N. The first-order valence-corrected chi connectivity index (χ1v) is 5.32. The van der Waals surface area contributed by atoms with Gasteiger partial charge in [-0.05, 0) is 36.9 Å². The van der Waals surface area contributed by atoms with Crippen molar-refractivity contribution >= 4 is 6.08 Å². The van der Waals surface area contributed by atoms with Gasteiger partial charge < -0.3 is 5.32 Å². The molecule has 1 heteroatoms. The van der Waals surface area contributed by atoms with Crippen LogP contribution in [0.5, 0.6) is 0 Å². The van der Waals surface area contributed by atoms with Gasteiger partial charge in [-0.1, -0.05) is 36.4 Å². The SMILES string of the molecule is CNCC=Cc1ccccc1C1CC1. The van der Waals surface area contributed by atoms with Gasteiger partial charge in [-0.15, -0.1) is 0 Å². The van der Waals surface area contributed by atoms with E-state index in [4.69, 9.17) is 0 Å². The van der Waals surface area contributed by atoms with Gasteiger partial charge >= 0.3 is 0 Å². The van der Waals surface area contributed by atoms with Gasteiger partial charge in [0, 0.05) is 6.54 Å². The summed E-state index contributed by atoms with van der Waals surface area (Å²) in [6, 6.07) is 8.73. The van der Waals surface area contributed by atoms with Crippen molar-refractivity contribution < 1.29 is 0 Å². The lowest BCUT2D eigenvalue weighted by Gasteiger charge is -2.03. The van der Waals surface area contributed by atoms with Crippen molar-refractivity contribution in [3.05, 3.63) is 41.5 Å². The molecule has 1 N–H and O–H groups in total. The first kappa shape index (κ1) is 9.47. The van der Waals surface area contributed by atoms with Crippen LogP contribution < -0.4 is 5.32 Å². The number of nitrogens with one attached hydrogen (secondary N) is 1. The lowest BCUT2D eigenvalue weighted by atomic mass is 10.0. The Kier molecular flexibility index (Phi) is 3.00. The fourth-order valence-electron chi connectivity index (χ4n) is 1.73. The summed E-state index contributed by atoms with van der Waals surface area (Å²) in [4.78, 5) is 0. The molecule has 0 bridgehead atoms. The Morgan fingerprint density at radius 3 is 2.86 bits per heavy atom. The molecule has 0 aromatic heterocycles. The second-order valence-corrected chi connectivity index (χ2v) is 3.86. The highest BCUT2D eigenvalue weighted by Crippen LogP contribution is 2.41. The zero-order valence-electron chi connectivity index (χ0n) is 8.66. The molecule has 0 unspecified atom stereocenters. The molecule has 1 aliphatic rings. The average Bonchev–Trinajstić information content (AvgIpc) is 3.03. The maximum Gasteiger partial charge on any atom is 0.0135 e. The van der Waals surface area contributed by atoms with Crippen molar-refractivity contribution in [3.63, 3.8) is 0 Å². The molecular weight excluding hydrogens is 170 g/mol.